The van der Waals surface area contributed by atoms with Gasteiger partial charge in [-0.15, -0.1) is 0 Å². The third kappa shape index (κ3) is 2.60. The second-order valence-electron chi connectivity index (χ2n) is 4.85. The van der Waals surface area contributed by atoms with Crippen molar-refractivity contribution in [2.45, 2.75) is 46.5 Å². The van der Waals surface area contributed by atoms with Gasteiger partial charge in [0.25, 0.3) is 0 Å². The standard InChI is InChI=1S/C14H22/c1-10(2)12(5)14-8-6-13(7-9-14)11(3)4/h6-12H,1-5H3. The second-order valence-corrected chi connectivity index (χ2v) is 4.85. The zero-order valence-electron chi connectivity index (χ0n) is 10.0. The summed E-state index contributed by atoms with van der Waals surface area (Å²) in [6.07, 6.45) is 0. The van der Waals surface area contributed by atoms with Crippen LogP contribution in [0.3, 0.4) is 0 Å². The first kappa shape index (κ1) is 11.3. The lowest BCUT2D eigenvalue weighted by Crippen LogP contribution is -2.02. The molecule has 0 spiro atoms. The lowest BCUT2D eigenvalue weighted by atomic mass is 9.89. The largest absolute Gasteiger partial charge is 0.0622 e. The van der Waals surface area contributed by atoms with Crippen molar-refractivity contribution >= 4 is 0 Å². The normalized spacial score (nSPS) is 13.6. The molecule has 78 valence electrons. The highest BCUT2D eigenvalue weighted by atomic mass is 14.1. The third-order valence-corrected chi connectivity index (χ3v) is 3.13. The van der Waals surface area contributed by atoms with E-state index in [1.165, 1.54) is 11.1 Å². The van der Waals surface area contributed by atoms with Gasteiger partial charge in [-0.1, -0.05) is 58.9 Å². The van der Waals surface area contributed by atoms with Crippen molar-refractivity contribution in [1.29, 1.82) is 0 Å². The molecule has 0 aromatic heterocycles. The highest BCUT2D eigenvalue weighted by Crippen LogP contribution is 2.25. The fourth-order valence-electron chi connectivity index (χ4n) is 1.57. The van der Waals surface area contributed by atoms with Crippen LogP contribution < -0.4 is 0 Å². The van der Waals surface area contributed by atoms with E-state index in [1.807, 2.05) is 0 Å². The first-order valence-corrected chi connectivity index (χ1v) is 5.62. The van der Waals surface area contributed by atoms with Gasteiger partial charge in [-0.2, -0.15) is 0 Å². The Morgan fingerprint density at radius 1 is 0.714 bits per heavy atom. The molecule has 0 nitrogen and oxygen atoms in total. The molecular weight excluding hydrogens is 168 g/mol. The van der Waals surface area contributed by atoms with Crippen molar-refractivity contribution < 1.29 is 0 Å². The maximum absolute atomic E-state index is 2.30. The van der Waals surface area contributed by atoms with E-state index in [0.29, 0.717) is 11.8 Å². The van der Waals surface area contributed by atoms with Crippen molar-refractivity contribution in [3.05, 3.63) is 35.4 Å². The smallest absolute Gasteiger partial charge is 0.0167 e. The quantitative estimate of drug-likeness (QED) is 0.655. The van der Waals surface area contributed by atoms with Crippen LogP contribution in [0.2, 0.25) is 0 Å². The minimum absolute atomic E-state index is 0.637. The minimum atomic E-state index is 0.637. The molecule has 1 rings (SSSR count). The van der Waals surface area contributed by atoms with Crippen molar-refractivity contribution in [1.82, 2.24) is 0 Å². The van der Waals surface area contributed by atoms with Gasteiger partial charge in [0.15, 0.2) is 0 Å². The Labute approximate surface area is 88.4 Å². The zero-order chi connectivity index (χ0) is 10.7. The lowest BCUT2D eigenvalue weighted by Gasteiger charge is -2.16. The highest BCUT2D eigenvalue weighted by Gasteiger charge is 2.09. The van der Waals surface area contributed by atoms with E-state index in [2.05, 4.69) is 58.9 Å². The first-order valence-electron chi connectivity index (χ1n) is 5.62. The summed E-state index contributed by atoms with van der Waals surface area (Å²) in [4.78, 5) is 0. The summed E-state index contributed by atoms with van der Waals surface area (Å²) >= 11 is 0. The van der Waals surface area contributed by atoms with Crippen LogP contribution in [0.1, 0.15) is 57.6 Å². The van der Waals surface area contributed by atoms with Crippen molar-refractivity contribution in [3.63, 3.8) is 0 Å². The van der Waals surface area contributed by atoms with Gasteiger partial charge in [0.2, 0.25) is 0 Å². The second kappa shape index (κ2) is 4.63. The third-order valence-electron chi connectivity index (χ3n) is 3.13. The Hall–Kier alpha value is -0.780. The molecule has 1 atom stereocenters. The predicted octanol–water partition coefficient (Wildman–Crippen LogP) is 4.57. The zero-order valence-corrected chi connectivity index (χ0v) is 10.0. The molecule has 1 aromatic rings. The topological polar surface area (TPSA) is 0 Å². The van der Waals surface area contributed by atoms with Crippen molar-refractivity contribution in [2.75, 3.05) is 0 Å². The molecule has 0 aliphatic carbocycles. The molecule has 0 heterocycles. The summed E-state index contributed by atoms with van der Waals surface area (Å²) in [6.45, 7) is 11.3. The van der Waals surface area contributed by atoms with Gasteiger partial charge >= 0.3 is 0 Å². The molecule has 0 fully saturated rings. The molecule has 0 radical (unpaired) electrons. The Bertz CT molecular complexity index is 267. The summed E-state index contributed by atoms with van der Waals surface area (Å²) in [7, 11) is 0. The molecule has 1 unspecified atom stereocenters. The SMILES string of the molecule is CC(C)c1ccc(C(C)C(C)C)cc1. The first-order chi connectivity index (χ1) is 6.52. The fraction of sp³-hybridized carbons (Fsp3) is 0.571. The number of hydrogen-bond donors (Lipinski definition) is 0. The van der Waals surface area contributed by atoms with E-state index in [1.54, 1.807) is 0 Å². The van der Waals surface area contributed by atoms with Crippen LogP contribution in [-0.2, 0) is 0 Å². The highest BCUT2D eigenvalue weighted by molar-refractivity contribution is 5.27. The molecule has 0 N–H and O–H groups in total. The van der Waals surface area contributed by atoms with E-state index in [9.17, 15) is 0 Å². The maximum Gasteiger partial charge on any atom is -0.0167 e. The Morgan fingerprint density at radius 3 is 1.50 bits per heavy atom. The number of hydrogen-bond acceptors (Lipinski definition) is 0. The van der Waals surface area contributed by atoms with Gasteiger partial charge in [0.05, 0.1) is 0 Å². The molecule has 0 heteroatoms. The van der Waals surface area contributed by atoms with E-state index in [4.69, 9.17) is 0 Å². The summed E-state index contributed by atoms with van der Waals surface area (Å²) in [6, 6.07) is 9.08. The van der Waals surface area contributed by atoms with Crippen LogP contribution in [0.5, 0.6) is 0 Å². The fourth-order valence-corrected chi connectivity index (χ4v) is 1.57. The molecule has 0 bridgehead atoms. The lowest BCUT2D eigenvalue weighted by molar-refractivity contribution is 0.535. The molecular formula is C14H22. The summed E-state index contributed by atoms with van der Waals surface area (Å²) < 4.78 is 0. The molecule has 14 heavy (non-hydrogen) atoms. The monoisotopic (exact) mass is 190 g/mol. The van der Waals surface area contributed by atoms with E-state index < -0.39 is 0 Å². The molecule has 0 saturated heterocycles. The maximum atomic E-state index is 2.30. The van der Waals surface area contributed by atoms with Crippen LogP contribution in [0, 0.1) is 5.92 Å². The van der Waals surface area contributed by atoms with Crippen LogP contribution in [0.25, 0.3) is 0 Å². The van der Waals surface area contributed by atoms with Crippen LogP contribution in [-0.4, -0.2) is 0 Å². The summed E-state index contributed by atoms with van der Waals surface area (Å²) in [5, 5.41) is 0. The molecule has 0 aliphatic heterocycles. The van der Waals surface area contributed by atoms with E-state index >= 15 is 0 Å². The van der Waals surface area contributed by atoms with Crippen molar-refractivity contribution in [3.8, 4) is 0 Å². The van der Waals surface area contributed by atoms with E-state index in [0.717, 1.165) is 5.92 Å². The van der Waals surface area contributed by atoms with E-state index in [-0.39, 0.29) is 0 Å². The molecule has 0 aliphatic rings. The summed E-state index contributed by atoms with van der Waals surface area (Å²) in [5.41, 5.74) is 2.90. The van der Waals surface area contributed by atoms with Crippen LogP contribution in [0.15, 0.2) is 24.3 Å². The van der Waals surface area contributed by atoms with Gasteiger partial charge < -0.3 is 0 Å². The molecule has 1 aromatic carbocycles. The number of rotatable bonds is 3. The average molecular weight is 190 g/mol. The summed E-state index contributed by atoms with van der Waals surface area (Å²) in [5.74, 6) is 2.02. The Kier molecular flexibility index (Phi) is 3.74. The molecule has 0 saturated carbocycles. The van der Waals surface area contributed by atoms with Gasteiger partial charge in [0.1, 0.15) is 0 Å². The van der Waals surface area contributed by atoms with Crippen molar-refractivity contribution in [2.24, 2.45) is 5.92 Å². The van der Waals surface area contributed by atoms with Crippen LogP contribution in [0.4, 0.5) is 0 Å². The Morgan fingerprint density at radius 2 is 1.14 bits per heavy atom. The van der Waals surface area contributed by atoms with Gasteiger partial charge in [0, 0.05) is 0 Å². The average Bonchev–Trinajstić information content (AvgIpc) is 2.16. The minimum Gasteiger partial charge on any atom is -0.0622 e. The predicted molar refractivity (Wildman–Crippen MR) is 63.8 cm³/mol. The van der Waals surface area contributed by atoms with Gasteiger partial charge in [-0.05, 0) is 28.9 Å². The Balaban J connectivity index is 2.83. The van der Waals surface area contributed by atoms with Crippen LogP contribution >= 0.6 is 0 Å². The molecule has 0 amide bonds. The van der Waals surface area contributed by atoms with Gasteiger partial charge in [-0.3, -0.25) is 0 Å². The number of benzene rings is 1. The van der Waals surface area contributed by atoms with Gasteiger partial charge in [-0.25, -0.2) is 0 Å².